The summed E-state index contributed by atoms with van der Waals surface area (Å²) in [7, 11) is -4.32. The first kappa shape index (κ1) is 24.2. The van der Waals surface area contributed by atoms with Crippen molar-refractivity contribution in [3.8, 4) is 11.7 Å². The fraction of sp³-hybridized carbons (Fsp3) is 0.0500. The number of nitrogens with one attached hydrogen (secondary N) is 2. The zero-order valence-corrected chi connectivity index (χ0v) is 18.6. The smallest absolute Gasteiger partial charge is 0.416 e. The number of halogens is 4. The van der Waals surface area contributed by atoms with Gasteiger partial charge in [-0.3, -0.25) is 4.79 Å². The fourth-order valence-electron chi connectivity index (χ4n) is 3.06. The third kappa shape index (κ3) is 4.95. The molecule has 2 amide bonds. The van der Waals surface area contributed by atoms with Gasteiger partial charge >= 0.3 is 12.2 Å². The summed E-state index contributed by atoms with van der Waals surface area (Å²) in [6.45, 7) is 0. The number of carbonyl (C=O) groups excluding carboxylic acids is 1. The summed E-state index contributed by atoms with van der Waals surface area (Å²) >= 11 is 0.320. The molecule has 4 aromatic rings. The minimum atomic E-state index is -4.67. The van der Waals surface area contributed by atoms with Crippen LogP contribution in [0, 0.1) is 5.13 Å². The Kier molecular flexibility index (Phi) is 5.98. The van der Waals surface area contributed by atoms with Gasteiger partial charge in [-0.15, -0.1) is 0 Å². The molecule has 0 radical (unpaired) electrons. The maximum Gasteiger partial charge on any atom is 0.416 e. The third-order valence-electron chi connectivity index (χ3n) is 4.61. The van der Waals surface area contributed by atoms with Gasteiger partial charge in [-0.2, -0.15) is 17.6 Å². The molecule has 0 bridgehead atoms. The molecule has 0 aliphatic carbocycles. The van der Waals surface area contributed by atoms with Crippen molar-refractivity contribution >= 4 is 43.9 Å². The molecule has 0 saturated heterocycles. The average molecular weight is 528 g/mol. The van der Waals surface area contributed by atoms with E-state index < -0.39 is 48.6 Å². The van der Waals surface area contributed by atoms with Crippen molar-refractivity contribution in [2.45, 2.75) is 10.4 Å². The van der Waals surface area contributed by atoms with Gasteiger partial charge in [0.1, 0.15) is 10.0 Å². The van der Waals surface area contributed by atoms with Crippen molar-refractivity contribution in [3.05, 3.63) is 75.8 Å². The number of anilines is 1. The molecule has 3 N–H and O–H groups in total. The second-order valence-corrected chi connectivity index (χ2v) is 9.91. The lowest BCUT2D eigenvalue weighted by Gasteiger charge is -2.13. The fourth-order valence-corrected chi connectivity index (χ4v) is 4.97. The Morgan fingerprint density at radius 2 is 1.83 bits per heavy atom. The van der Waals surface area contributed by atoms with Crippen molar-refractivity contribution in [1.82, 2.24) is 14.3 Å². The molecule has 9 nitrogen and oxygen atoms in total. The Labute approximate surface area is 197 Å². The van der Waals surface area contributed by atoms with E-state index in [1.54, 1.807) is 4.72 Å². The summed E-state index contributed by atoms with van der Waals surface area (Å²) in [5, 5.41) is 11.8. The first-order valence-corrected chi connectivity index (χ1v) is 11.7. The number of pyridine rings is 2. The number of sulfonamides is 1. The van der Waals surface area contributed by atoms with E-state index >= 15 is 0 Å². The Bertz CT molecular complexity index is 1610. The molecular formula is C20H12F4N4O5S2. The lowest BCUT2D eigenvalue weighted by atomic mass is 10.1. The van der Waals surface area contributed by atoms with E-state index in [4.69, 9.17) is 0 Å². The zero-order valence-electron chi connectivity index (χ0n) is 17.0. The quantitative estimate of drug-likeness (QED) is 0.345. The van der Waals surface area contributed by atoms with E-state index in [1.807, 2.05) is 0 Å². The molecule has 15 heteroatoms. The highest BCUT2D eigenvalue weighted by Gasteiger charge is 2.31. The number of nitrogens with zero attached hydrogens (tertiary/aromatic N) is 2. The minimum Gasteiger partial charge on any atom is -0.494 e. The van der Waals surface area contributed by atoms with Gasteiger partial charge in [0.15, 0.2) is 5.13 Å². The third-order valence-corrected chi connectivity index (χ3v) is 7.30. The zero-order chi connectivity index (χ0) is 25.5. The van der Waals surface area contributed by atoms with Crippen molar-refractivity contribution in [3.63, 3.8) is 0 Å². The minimum absolute atomic E-state index is 0.0218. The standard InChI is InChI=1S/C20H12F4N4O5S2/c21-14-4-6-17(34-14)35(32,33)27-19(31)26-12-3-5-15(25-9-12)28-16(29)7-10-1-2-11(20(22,23)24)8-13(10)18(28)30/h1-9,30H,(H2,26,27,31). The molecule has 35 heavy (non-hydrogen) atoms. The van der Waals surface area contributed by atoms with Crippen LogP contribution in [-0.4, -0.2) is 29.1 Å². The number of alkyl halides is 3. The van der Waals surface area contributed by atoms with Crippen LogP contribution in [0.25, 0.3) is 16.6 Å². The van der Waals surface area contributed by atoms with Gasteiger partial charge in [0.2, 0.25) is 5.88 Å². The van der Waals surface area contributed by atoms with Gasteiger partial charge in [0, 0.05) is 11.5 Å². The summed E-state index contributed by atoms with van der Waals surface area (Å²) in [6.07, 6.45) is -3.65. The summed E-state index contributed by atoms with van der Waals surface area (Å²) in [5.74, 6) is -0.960. The van der Waals surface area contributed by atoms with Crippen LogP contribution in [0.3, 0.4) is 0 Å². The lowest BCUT2D eigenvalue weighted by Crippen LogP contribution is -2.34. The largest absolute Gasteiger partial charge is 0.494 e. The monoisotopic (exact) mass is 528 g/mol. The Hall–Kier alpha value is -3.98. The maximum atomic E-state index is 13.1. The number of aromatic hydroxyl groups is 1. The summed E-state index contributed by atoms with van der Waals surface area (Å²) in [4.78, 5) is 28.4. The lowest BCUT2D eigenvalue weighted by molar-refractivity contribution is -0.137. The van der Waals surface area contributed by atoms with Crippen LogP contribution in [0.5, 0.6) is 5.88 Å². The number of benzene rings is 1. The average Bonchev–Trinajstić information content (AvgIpc) is 3.21. The van der Waals surface area contributed by atoms with Crippen LogP contribution in [-0.2, 0) is 16.2 Å². The normalized spacial score (nSPS) is 12.0. The van der Waals surface area contributed by atoms with Gasteiger partial charge in [-0.1, -0.05) is 17.4 Å². The first-order chi connectivity index (χ1) is 16.3. The number of aromatic nitrogens is 2. The number of rotatable bonds is 4. The van der Waals surface area contributed by atoms with E-state index in [1.165, 1.54) is 12.1 Å². The predicted octanol–water partition coefficient (Wildman–Crippen LogP) is 3.82. The van der Waals surface area contributed by atoms with Crippen molar-refractivity contribution in [2.24, 2.45) is 0 Å². The molecule has 0 atom stereocenters. The Morgan fingerprint density at radius 3 is 2.43 bits per heavy atom. The SMILES string of the molecule is O=C(Nc1ccc(-n2c(O)c3cc(C(F)(F)F)ccc3cc2=O)nc1)NS(=O)(=O)c1ccc(F)s1. The van der Waals surface area contributed by atoms with E-state index in [2.05, 4.69) is 10.3 Å². The molecule has 1 aromatic carbocycles. The van der Waals surface area contributed by atoms with Crippen molar-refractivity contribution < 1.29 is 35.9 Å². The van der Waals surface area contributed by atoms with Gasteiger partial charge < -0.3 is 10.4 Å². The number of fused-ring (bicyclic) bond motifs is 1. The topological polar surface area (TPSA) is 130 Å². The molecule has 0 unspecified atom stereocenters. The number of carbonyl (C=O) groups is 1. The van der Waals surface area contributed by atoms with Gasteiger partial charge in [0.05, 0.1) is 17.4 Å². The number of hydrogen-bond donors (Lipinski definition) is 3. The van der Waals surface area contributed by atoms with Crippen LogP contribution < -0.4 is 15.6 Å². The maximum absolute atomic E-state index is 13.1. The van der Waals surface area contributed by atoms with Gasteiger partial charge in [0.25, 0.3) is 15.6 Å². The molecule has 0 aliphatic heterocycles. The second kappa shape index (κ2) is 8.66. The highest BCUT2D eigenvalue weighted by Crippen LogP contribution is 2.34. The number of amides is 2. The van der Waals surface area contributed by atoms with E-state index in [9.17, 15) is 40.7 Å². The predicted molar refractivity (Wildman–Crippen MR) is 118 cm³/mol. The summed E-state index contributed by atoms with van der Waals surface area (Å²) < 4.78 is 78.3. The van der Waals surface area contributed by atoms with Gasteiger partial charge in [-0.25, -0.2) is 27.5 Å². The Morgan fingerprint density at radius 1 is 1.09 bits per heavy atom. The summed E-state index contributed by atoms with van der Waals surface area (Å²) in [6, 6.07) is 6.66. The van der Waals surface area contributed by atoms with Crippen LogP contribution in [0.2, 0.25) is 0 Å². The van der Waals surface area contributed by atoms with Crippen LogP contribution >= 0.6 is 11.3 Å². The molecule has 0 spiro atoms. The highest BCUT2D eigenvalue weighted by atomic mass is 32.2. The highest BCUT2D eigenvalue weighted by molar-refractivity contribution is 7.92. The molecular weight excluding hydrogens is 516 g/mol. The van der Waals surface area contributed by atoms with E-state index in [0.29, 0.717) is 22.0 Å². The van der Waals surface area contributed by atoms with Crippen LogP contribution in [0.4, 0.5) is 28.0 Å². The van der Waals surface area contributed by atoms with Crippen molar-refractivity contribution in [1.29, 1.82) is 0 Å². The molecule has 0 fully saturated rings. The summed E-state index contributed by atoms with van der Waals surface area (Å²) in [5.41, 5.74) is -1.83. The molecule has 0 saturated carbocycles. The molecule has 0 aliphatic rings. The van der Waals surface area contributed by atoms with Crippen LogP contribution in [0.1, 0.15) is 5.56 Å². The molecule has 4 rings (SSSR count). The Balaban J connectivity index is 1.59. The number of thiophene rings is 1. The van der Waals surface area contributed by atoms with Crippen molar-refractivity contribution in [2.75, 3.05) is 5.32 Å². The molecule has 182 valence electrons. The van der Waals surface area contributed by atoms with E-state index in [-0.39, 0.29) is 22.3 Å². The van der Waals surface area contributed by atoms with E-state index in [0.717, 1.165) is 36.5 Å². The van der Waals surface area contributed by atoms with Gasteiger partial charge in [-0.05, 0) is 41.8 Å². The molecule has 3 aromatic heterocycles. The first-order valence-electron chi connectivity index (χ1n) is 9.37. The second-order valence-electron chi connectivity index (χ2n) is 6.96. The number of hydrogen-bond acceptors (Lipinski definition) is 7. The number of urea groups is 1. The molecule has 3 heterocycles. The van der Waals surface area contributed by atoms with Crippen LogP contribution in [0.15, 0.2) is 63.7 Å².